The van der Waals surface area contributed by atoms with E-state index in [1.165, 1.54) is 10.4 Å². The fourth-order valence-electron chi connectivity index (χ4n) is 2.35. The topological polar surface area (TPSA) is 15.3 Å². The number of nitrogens with zero attached hydrogens (tertiary/aromatic N) is 1. The highest BCUT2D eigenvalue weighted by Crippen LogP contribution is 2.29. The molecule has 0 aliphatic rings. The lowest BCUT2D eigenvalue weighted by molar-refractivity contribution is 0.296. The van der Waals surface area contributed by atoms with Gasteiger partial charge < -0.3 is 5.32 Å². The van der Waals surface area contributed by atoms with Gasteiger partial charge in [-0.15, -0.1) is 11.3 Å². The van der Waals surface area contributed by atoms with Gasteiger partial charge in [0.1, 0.15) is 0 Å². The molecule has 1 atom stereocenters. The van der Waals surface area contributed by atoms with E-state index in [4.69, 9.17) is 11.6 Å². The molecule has 114 valence electrons. The van der Waals surface area contributed by atoms with Crippen LogP contribution in [0.3, 0.4) is 0 Å². The van der Waals surface area contributed by atoms with Gasteiger partial charge in [0.15, 0.2) is 0 Å². The zero-order chi connectivity index (χ0) is 15.2. The van der Waals surface area contributed by atoms with Crippen LogP contribution in [0.2, 0.25) is 4.34 Å². The third kappa shape index (κ3) is 4.73. The predicted octanol–water partition coefficient (Wildman–Crippen LogP) is 5.42. The fourth-order valence-corrected chi connectivity index (χ4v) is 3.41. The van der Waals surface area contributed by atoms with Crippen LogP contribution in [0.5, 0.6) is 0 Å². The zero-order valence-electron chi connectivity index (χ0n) is 12.9. The van der Waals surface area contributed by atoms with E-state index in [2.05, 4.69) is 61.3 Å². The summed E-state index contributed by atoms with van der Waals surface area (Å²) in [6.07, 6.45) is 0. The van der Waals surface area contributed by atoms with Crippen LogP contribution in [0.1, 0.15) is 37.3 Å². The summed E-state index contributed by atoms with van der Waals surface area (Å²) in [5.74, 6) is 0. The summed E-state index contributed by atoms with van der Waals surface area (Å²) in [7, 11) is 0. The van der Waals surface area contributed by atoms with E-state index in [9.17, 15) is 0 Å². The summed E-state index contributed by atoms with van der Waals surface area (Å²) >= 11 is 7.64. The van der Waals surface area contributed by atoms with E-state index in [1.807, 2.05) is 6.07 Å². The van der Waals surface area contributed by atoms with Gasteiger partial charge in [0.2, 0.25) is 0 Å². The Labute approximate surface area is 136 Å². The summed E-state index contributed by atoms with van der Waals surface area (Å²) in [6.45, 7) is 9.74. The third-order valence-corrected chi connectivity index (χ3v) is 5.05. The van der Waals surface area contributed by atoms with Crippen LogP contribution >= 0.6 is 22.9 Å². The molecule has 0 saturated heterocycles. The average Bonchev–Trinajstić information content (AvgIpc) is 2.92. The lowest BCUT2D eigenvalue weighted by Gasteiger charge is -2.19. The van der Waals surface area contributed by atoms with E-state index in [1.54, 1.807) is 11.3 Å². The molecule has 0 aliphatic carbocycles. The first kappa shape index (κ1) is 16.3. The van der Waals surface area contributed by atoms with Gasteiger partial charge in [-0.3, -0.25) is 4.90 Å². The van der Waals surface area contributed by atoms with Gasteiger partial charge in [0, 0.05) is 17.1 Å². The Morgan fingerprint density at radius 1 is 1.19 bits per heavy atom. The van der Waals surface area contributed by atoms with Crippen molar-refractivity contribution in [3.8, 4) is 0 Å². The molecule has 1 unspecified atom stereocenters. The summed E-state index contributed by atoms with van der Waals surface area (Å²) in [6, 6.07) is 13.0. The Bertz CT molecular complexity index is 563. The first-order valence-electron chi connectivity index (χ1n) is 7.45. The monoisotopic (exact) mass is 322 g/mol. The molecule has 2 rings (SSSR count). The van der Waals surface area contributed by atoms with Crippen molar-refractivity contribution in [2.24, 2.45) is 0 Å². The van der Waals surface area contributed by atoms with E-state index in [0.717, 1.165) is 29.7 Å². The first-order valence-corrected chi connectivity index (χ1v) is 8.64. The highest BCUT2D eigenvalue weighted by Gasteiger charge is 2.09. The minimum absolute atomic E-state index is 0.270. The number of thiophene rings is 1. The molecule has 0 amide bonds. The quantitative estimate of drug-likeness (QED) is 0.732. The standard InChI is InChI=1S/C17H23ClN2S/c1-4-20(5-2)12-14-7-6-8-15(11-14)19-13(3)16-9-10-17(18)21-16/h6-11,13,19H,4-5,12H2,1-3H3. The maximum Gasteiger partial charge on any atom is 0.0932 e. The molecule has 2 aromatic rings. The lowest BCUT2D eigenvalue weighted by Crippen LogP contribution is -2.22. The summed E-state index contributed by atoms with van der Waals surface area (Å²) in [5.41, 5.74) is 2.51. The average molecular weight is 323 g/mol. The Morgan fingerprint density at radius 2 is 1.95 bits per heavy atom. The van der Waals surface area contributed by atoms with Crippen LogP contribution in [0.4, 0.5) is 5.69 Å². The highest BCUT2D eigenvalue weighted by molar-refractivity contribution is 7.16. The number of benzene rings is 1. The van der Waals surface area contributed by atoms with Gasteiger partial charge in [-0.2, -0.15) is 0 Å². The van der Waals surface area contributed by atoms with Crippen molar-refractivity contribution in [3.63, 3.8) is 0 Å². The Hall–Kier alpha value is -1.03. The molecule has 1 aromatic heterocycles. The van der Waals surface area contributed by atoms with Crippen molar-refractivity contribution in [3.05, 3.63) is 51.2 Å². The van der Waals surface area contributed by atoms with Crippen molar-refractivity contribution < 1.29 is 0 Å². The molecule has 4 heteroatoms. The van der Waals surface area contributed by atoms with Gasteiger partial charge in [-0.25, -0.2) is 0 Å². The molecular formula is C17H23ClN2S. The maximum absolute atomic E-state index is 6.01. The first-order chi connectivity index (χ1) is 10.1. The van der Waals surface area contributed by atoms with Crippen molar-refractivity contribution >= 4 is 28.6 Å². The minimum Gasteiger partial charge on any atom is -0.378 e. The number of anilines is 1. The van der Waals surface area contributed by atoms with Crippen molar-refractivity contribution in [2.45, 2.75) is 33.4 Å². The normalized spacial score (nSPS) is 12.6. The highest BCUT2D eigenvalue weighted by atomic mass is 35.5. The fraction of sp³-hybridized carbons (Fsp3) is 0.412. The van der Waals surface area contributed by atoms with Gasteiger partial charge in [0.05, 0.1) is 10.4 Å². The van der Waals surface area contributed by atoms with Crippen LogP contribution in [-0.2, 0) is 6.54 Å². The number of rotatable bonds is 7. The second-order valence-electron chi connectivity index (χ2n) is 5.17. The van der Waals surface area contributed by atoms with Crippen LogP contribution in [-0.4, -0.2) is 18.0 Å². The van der Waals surface area contributed by atoms with Gasteiger partial charge in [-0.05, 0) is 49.8 Å². The second kappa shape index (κ2) is 7.83. The van der Waals surface area contributed by atoms with Crippen molar-refractivity contribution in [1.29, 1.82) is 0 Å². The molecule has 1 aromatic carbocycles. The van der Waals surface area contributed by atoms with Crippen LogP contribution < -0.4 is 5.32 Å². The molecule has 21 heavy (non-hydrogen) atoms. The third-order valence-electron chi connectivity index (χ3n) is 3.63. The molecule has 0 spiro atoms. The lowest BCUT2D eigenvalue weighted by atomic mass is 10.1. The van der Waals surface area contributed by atoms with E-state index >= 15 is 0 Å². The Morgan fingerprint density at radius 3 is 2.57 bits per heavy atom. The maximum atomic E-state index is 6.01. The predicted molar refractivity (Wildman–Crippen MR) is 94.4 cm³/mol. The number of halogens is 1. The van der Waals surface area contributed by atoms with Gasteiger partial charge in [-0.1, -0.05) is 37.6 Å². The van der Waals surface area contributed by atoms with E-state index in [-0.39, 0.29) is 6.04 Å². The summed E-state index contributed by atoms with van der Waals surface area (Å²) in [4.78, 5) is 3.68. The van der Waals surface area contributed by atoms with Crippen molar-refractivity contribution in [1.82, 2.24) is 4.90 Å². The molecular weight excluding hydrogens is 300 g/mol. The van der Waals surface area contributed by atoms with Crippen LogP contribution in [0, 0.1) is 0 Å². The number of nitrogens with one attached hydrogen (secondary N) is 1. The molecule has 0 radical (unpaired) electrons. The molecule has 0 bridgehead atoms. The minimum atomic E-state index is 0.270. The Balaban J connectivity index is 2.03. The number of hydrogen-bond donors (Lipinski definition) is 1. The largest absolute Gasteiger partial charge is 0.378 e. The molecule has 1 N–H and O–H groups in total. The number of hydrogen-bond acceptors (Lipinski definition) is 3. The molecule has 0 fully saturated rings. The molecule has 0 saturated carbocycles. The van der Waals surface area contributed by atoms with Crippen LogP contribution in [0.15, 0.2) is 36.4 Å². The van der Waals surface area contributed by atoms with Gasteiger partial charge in [0.25, 0.3) is 0 Å². The molecule has 2 nitrogen and oxygen atoms in total. The summed E-state index contributed by atoms with van der Waals surface area (Å²) in [5, 5.41) is 3.55. The van der Waals surface area contributed by atoms with Crippen molar-refractivity contribution in [2.75, 3.05) is 18.4 Å². The second-order valence-corrected chi connectivity index (χ2v) is 6.92. The van der Waals surface area contributed by atoms with Crippen LogP contribution in [0.25, 0.3) is 0 Å². The zero-order valence-corrected chi connectivity index (χ0v) is 14.5. The summed E-state index contributed by atoms with van der Waals surface area (Å²) < 4.78 is 0.842. The van der Waals surface area contributed by atoms with E-state index < -0.39 is 0 Å². The SMILES string of the molecule is CCN(CC)Cc1cccc(NC(C)c2ccc(Cl)s2)c1. The van der Waals surface area contributed by atoms with E-state index in [0.29, 0.717) is 0 Å². The molecule has 1 heterocycles. The smallest absolute Gasteiger partial charge is 0.0932 e. The van der Waals surface area contributed by atoms with Gasteiger partial charge >= 0.3 is 0 Å². The molecule has 0 aliphatic heterocycles. The Kier molecular flexibility index (Phi) is 6.09.